The maximum atomic E-state index is 8.07. The van der Waals surface area contributed by atoms with Crippen LogP contribution in [0.25, 0.3) is 0 Å². The Kier molecular flexibility index (Phi) is 22.4. The van der Waals surface area contributed by atoms with Gasteiger partial charge in [0.2, 0.25) is 0 Å². The van der Waals surface area contributed by atoms with Gasteiger partial charge in [0.05, 0.1) is 0 Å². The third-order valence-corrected chi connectivity index (χ3v) is 47.4. The van der Waals surface area contributed by atoms with Crippen LogP contribution in [0.4, 0.5) is 0 Å². The molecule has 8 heteroatoms. The van der Waals surface area contributed by atoms with E-state index in [1.54, 1.807) is 0 Å². The molecule has 316 valence electrons. The van der Waals surface area contributed by atoms with E-state index < -0.39 is 43.3 Å². The Hall–Kier alpha value is 0.869. The Labute approximate surface area is 341 Å². The van der Waals surface area contributed by atoms with Crippen molar-refractivity contribution >= 4 is 43.3 Å². The van der Waals surface area contributed by atoms with E-state index in [0.717, 1.165) is 0 Å². The monoisotopic (exact) mass is 905 g/mol. The summed E-state index contributed by atoms with van der Waals surface area (Å²) in [4.78, 5) is 0. The molecule has 3 atom stereocenters. The van der Waals surface area contributed by atoms with Crippen LogP contribution in [-0.4, -0.2) is 68.2 Å². The molecule has 1 aliphatic rings. The molecule has 0 unspecified atom stereocenters. The molecule has 0 radical (unpaired) electrons. The van der Waals surface area contributed by atoms with Crippen LogP contribution in [0.15, 0.2) is 9.85 Å². The Morgan fingerprint density at radius 1 is 0.509 bits per heavy atom. The molecule has 1 rings (SSSR count). The summed E-state index contributed by atoms with van der Waals surface area (Å²) in [6.45, 7) is 51.6. The predicted molar refractivity (Wildman–Crippen MR) is 247 cm³/mol. The third kappa shape index (κ3) is 11.8. The van der Waals surface area contributed by atoms with Crippen LogP contribution in [0.2, 0.25) is 63.2 Å². The van der Waals surface area contributed by atoms with Crippen LogP contribution in [0.1, 0.15) is 184 Å². The molecule has 0 bridgehead atoms. The van der Waals surface area contributed by atoms with Crippen molar-refractivity contribution in [3.8, 4) is 0 Å². The molecule has 0 aromatic carbocycles. The number of hydrogen-bond donors (Lipinski definition) is 0. The number of unbranched alkanes of at least 4 members (excludes halogenated alkanes) is 3. The van der Waals surface area contributed by atoms with E-state index in [9.17, 15) is 0 Å². The van der Waals surface area contributed by atoms with E-state index in [1.165, 1.54) is 55.6 Å². The average Bonchev–Trinajstić information content (AvgIpc) is 3.05. The van der Waals surface area contributed by atoms with E-state index in [0.29, 0.717) is 56.5 Å². The minimum absolute atomic E-state index is 0.108. The SMILES string of the molecule is CCC[CH2][Sn]([CH2]CCC)([CH2]CCC)[C]1=C[C@H](O[Si](C(C)C)(C(C)C)C(C)C)[C@H](O[Si](C(C)C)(C(C)C)C(C)C)[C@@H](CO[Si](C(C)C)(C(C)C)C(C)C)O1. The molecular formula is C45H96O4Si3Sn. The van der Waals surface area contributed by atoms with Crippen molar-refractivity contribution in [3.05, 3.63) is 9.85 Å². The van der Waals surface area contributed by atoms with Gasteiger partial charge >= 0.3 is 343 Å². The van der Waals surface area contributed by atoms with Crippen LogP contribution in [0, 0.1) is 0 Å². The molecule has 0 aromatic rings. The van der Waals surface area contributed by atoms with Crippen LogP contribution in [0.5, 0.6) is 0 Å². The molecule has 1 heterocycles. The van der Waals surface area contributed by atoms with Gasteiger partial charge in [-0.05, 0) is 0 Å². The molecule has 0 saturated carbocycles. The van der Waals surface area contributed by atoms with Crippen molar-refractivity contribution in [1.29, 1.82) is 0 Å². The second-order valence-electron chi connectivity index (χ2n) is 20.2. The van der Waals surface area contributed by atoms with Crippen molar-refractivity contribution in [2.24, 2.45) is 0 Å². The van der Waals surface area contributed by atoms with Gasteiger partial charge in [0, 0.05) is 0 Å². The zero-order valence-electron chi connectivity index (χ0n) is 39.7. The number of hydrogen-bond acceptors (Lipinski definition) is 4. The van der Waals surface area contributed by atoms with Crippen LogP contribution in [0.3, 0.4) is 0 Å². The van der Waals surface area contributed by atoms with E-state index >= 15 is 0 Å². The van der Waals surface area contributed by atoms with Crippen molar-refractivity contribution < 1.29 is 18.0 Å². The third-order valence-electron chi connectivity index (χ3n) is 14.1. The van der Waals surface area contributed by atoms with E-state index in [-0.39, 0.29) is 18.3 Å². The summed E-state index contributed by atoms with van der Waals surface area (Å²) in [5.41, 5.74) is 4.47. The fraction of sp³-hybridized carbons (Fsp3) is 0.956. The van der Waals surface area contributed by atoms with Crippen LogP contribution in [-0.2, 0) is 18.0 Å². The quantitative estimate of drug-likeness (QED) is 0.0811. The standard InChI is InChI=1S/C33H69O4Si3.3C4H9.Sn/c1-22(2)38(23(3)4,24(5)6)35-21-32-33(37-40(28(13)14,29(15)16)30(17)18)31(19-20-34-32)36-39(25(7)8,26(9)10)27(11)12;3*1-3-4-2;/h19,22-33H,21H2,1-18H3;3*1,3-4H2,2H3;/t31-,32+,33-;;;;/m0..../s1. The molecule has 0 spiro atoms. The molecule has 53 heavy (non-hydrogen) atoms. The van der Waals surface area contributed by atoms with Crippen molar-refractivity contribution in [2.75, 3.05) is 6.61 Å². The molecule has 4 nitrogen and oxygen atoms in total. The fourth-order valence-electron chi connectivity index (χ4n) is 11.7. The summed E-state index contributed by atoms with van der Waals surface area (Å²) in [5, 5.41) is 0. The first-order chi connectivity index (χ1) is 24.5. The maximum absolute atomic E-state index is 8.07. The molecule has 0 saturated heterocycles. The fourth-order valence-corrected chi connectivity index (χ4v) is 43.9. The van der Waals surface area contributed by atoms with Gasteiger partial charge in [-0.15, -0.1) is 0 Å². The van der Waals surface area contributed by atoms with Crippen LogP contribution < -0.4 is 0 Å². The zero-order chi connectivity index (χ0) is 41.1. The molecular weight excluding hydrogens is 807 g/mol. The summed E-state index contributed by atoms with van der Waals surface area (Å²) >= 11 is -3.04. The van der Waals surface area contributed by atoms with Gasteiger partial charge < -0.3 is 0 Å². The minimum atomic E-state index is -3.04. The zero-order valence-corrected chi connectivity index (χ0v) is 45.6. The topological polar surface area (TPSA) is 36.9 Å². The molecule has 1 aliphatic heterocycles. The average molecular weight is 904 g/mol. The summed E-state index contributed by atoms with van der Waals surface area (Å²) in [7, 11) is -6.80. The number of ether oxygens (including phenoxy) is 1. The Morgan fingerprint density at radius 2 is 0.830 bits per heavy atom. The Bertz CT molecular complexity index is 967. The predicted octanol–water partition coefficient (Wildman–Crippen LogP) is 16.0. The molecule has 0 fully saturated rings. The first kappa shape index (κ1) is 51.9. The van der Waals surface area contributed by atoms with Crippen molar-refractivity contribution in [3.63, 3.8) is 0 Å². The van der Waals surface area contributed by atoms with Gasteiger partial charge in [-0.1, -0.05) is 0 Å². The first-order valence-corrected chi connectivity index (χ1v) is 36.8. The summed E-state index contributed by atoms with van der Waals surface area (Å²) in [5.74, 6) is 0. The summed E-state index contributed by atoms with van der Waals surface area (Å²) in [6, 6.07) is 0. The van der Waals surface area contributed by atoms with Gasteiger partial charge in [-0.2, -0.15) is 0 Å². The molecule has 0 aliphatic carbocycles. The van der Waals surface area contributed by atoms with Crippen molar-refractivity contribution in [2.45, 2.75) is 265 Å². The first-order valence-electron chi connectivity index (χ1n) is 22.9. The summed E-state index contributed by atoms with van der Waals surface area (Å²) < 4.78 is 37.1. The normalized spacial score (nSPS) is 19.7. The van der Waals surface area contributed by atoms with Gasteiger partial charge in [0.25, 0.3) is 0 Å². The van der Waals surface area contributed by atoms with Gasteiger partial charge in [-0.3, -0.25) is 0 Å². The van der Waals surface area contributed by atoms with Gasteiger partial charge in [0.15, 0.2) is 0 Å². The molecule has 0 amide bonds. The van der Waals surface area contributed by atoms with E-state index in [1.807, 2.05) is 0 Å². The van der Waals surface area contributed by atoms with Gasteiger partial charge in [0.1, 0.15) is 0 Å². The Balaban J connectivity index is 4.42. The van der Waals surface area contributed by atoms with E-state index in [2.05, 4.69) is 151 Å². The Morgan fingerprint density at radius 3 is 1.13 bits per heavy atom. The van der Waals surface area contributed by atoms with Gasteiger partial charge in [-0.25, -0.2) is 0 Å². The second-order valence-corrected chi connectivity index (χ2v) is 49.5. The van der Waals surface area contributed by atoms with Crippen molar-refractivity contribution in [1.82, 2.24) is 0 Å². The molecule has 0 N–H and O–H groups in total. The number of rotatable bonds is 26. The van der Waals surface area contributed by atoms with Crippen LogP contribution >= 0.6 is 0 Å². The summed E-state index contributed by atoms with van der Waals surface area (Å²) in [6.07, 6.45) is 9.87. The second kappa shape index (κ2) is 22.9. The van der Waals surface area contributed by atoms with E-state index in [4.69, 9.17) is 18.0 Å². The molecule has 0 aromatic heterocycles.